The van der Waals surface area contributed by atoms with Crippen LogP contribution in [-0.2, 0) is 4.74 Å². The lowest BCUT2D eigenvalue weighted by Gasteiger charge is -2.29. The second-order valence-corrected chi connectivity index (χ2v) is 7.16. The average Bonchev–Trinajstić information content (AvgIpc) is 2.79. The van der Waals surface area contributed by atoms with E-state index >= 15 is 0 Å². The van der Waals surface area contributed by atoms with Crippen LogP contribution < -0.4 is 5.73 Å². The van der Waals surface area contributed by atoms with Gasteiger partial charge in [0.25, 0.3) is 0 Å². The van der Waals surface area contributed by atoms with Crippen LogP contribution in [0.2, 0.25) is 5.02 Å². The molecule has 0 radical (unpaired) electrons. The molecule has 146 valence electrons. The molecule has 0 saturated heterocycles. The summed E-state index contributed by atoms with van der Waals surface area (Å²) in [4.78, 5) is 13.7. The lowest BCUT2D eigenvalue weighted by molar-refractivity contribution is 0.102. The Balaban J connectivity index is 2.03. The first-order valence-corrected chi connectivity index (χ1v) is 9.71. The van der Waals surface area contributed by atoms with E-state index in [2.05, 4.69) is 6.07 Å². The van der Waals surface area contributed by atoms with Gasteiger partial charge in [-0.25, -0.2) is 0 Å². The van der Waals surface area contributed by atoms with Gasteiger partial charge in [-0.1, -0.05) is 90.5 Å². The maximum absolute atomic E-state index is 13.7. The number of allylic oxidation sites excluding steroid dienone is 2. The van der Waals surface area contributed by atoms with Gasteiger partial charge < -0.3 is 10.5 Å². The summed E-state index contributed by atoms with van der Waals surface area (Å²) >= 11 is 6.49. The number of nitriles is 1. The predicted octanol–water partition coefficient (Wildman–Crippen LogP) is 5.44. The van der Waals surface area contributed by atoms with Crippen molar-refractivity contribution < 1.29 is 9.53 Å². The molecule has 0 saturated carbocycles. The molecule has 1 heterocycles. The van der Waals surface area contributed by atoms with E-state index in [-0.39, 0.29) is 17.2 Å². The summed E-state index contributed by atoms with van der Waals surface area (Å²) in [5, 5.41) is 10.3. The summed E-state index contributed by atoms with van der Waals surface area (Å²) in [5.74, 6) is -0.711. The molecule has 0 aromatic heterocycles. The number of halogens is 1. The number of rotatable bonds is 4. The molecular weight excluding hydrogens is 396 g/mol. The second kappa shape index (κ2) is 8.28. The van der Waals surface area contributed by atoms with Gasteiger partial charge in [0.1, 0.15) is 17.4 Å². The molecule has 0 bridgehead atoms. The predicted molar refractivity (Wildman–Crippen MR) is 116 cm³/mol. The summed E-state index contributed by atoms with van der Waals surface area (Å²) < 4.78 is 5.87. The topological polar surface area (TPSA) is 76.1 Å². The van der Waals surface area contributed by atoms with Crippen molar-refractivity contribution >= 4 is 23.1 Å². The number of carbonyl (C=O) groups is 1. The Morgan fingerprint density at radius 1 is 0.933 bits per heavy atom. The minimum Gasteiger partial charge on any atom is -0.439 e. The molecule has 1 aliphatic rings. The standard InChI is InChI=1S/C25H17ClN2O2/c26-20-14-8-7-13-18(20)21-19(15-27)25(28)30-24(17-11-5-2-6-12-17)22(21)23(29)16-9-3-1-4-10-16/h1-14,21H,28H2/t21-/m1/s1. The Morgan fingerprint density at radius 3 is 2.17 bits per heavy atom. The first-order chi connectivity index (χ1) is 14.6. The van der Waals surface area contributed by atoms with E-state index in [1.807, 2.05) is 42.5 Å². The maximum Gasteiger partial charge on any atom is 0.205 e. The number of ketones is 1. The average molecular weight is 413 g/mol. The summed E-state index contributed by atoms with van der Waals surface area (Å²) in [7, 11) is 0. The van der Waals surface area contributed by atoms with Gasteiger partial charge in [-0.3, -0.25) is 4.79 Å². The van der Waals surface area contributed by atoms with Crippen molar-refractivity contribution in [2.75, 3.05) is 0 Å². The summed E-state index contributed by atoms with van der Waals surface area (Å²) in [6, 6.07) is 27.4. The zero-order chi connectivity index (χ0) is 21.1. The van der Waals surface area contributed by atoms with Crippen LogP contribution in [0.4, 0.5) is 0 Å². The summed E-state index contributed by atoms with van der Waals surface area (Å²) in [5.41, 5.74) is 8.42. The van der Waals surface area contributed by atoms with Crippen LogP contribution in [0.3, 0.4) is 0 Å². The van der Waals surface area contributed by atoms with Crippen molar-refractivity contribution in [2.24, 2.45) is 5.73 Å². The summed E-state index contributed by atoms with van der Waals surface area (Å²) in [6.45, 7) is 0. The van der Waals surface area contributed by atoms with E-state index in [9.17, 15) is 10.1 Å². The maximum atomic E-state index is 13.7. The first-order valence-electron chi connectivity index (χ1n) is 9.33. The highest BCUT2D eigenvalue weighted by Gasteiger charge is 2.38. The quantitative estimate of drug-likeness (QED) is 0.578. The Kier molecular flexibility index (Phi) is 5.38. The highest BCUT2D eigenvalue weighted by molar-refractivity contribution is 6.31. The van der Waals surface area contributed by atoms with Crippen LogP contribution >= 0.6 is 11.6 Å². The number of nitrogens with zero attached hydrogens (tertiary/aromatic N) is 1. The fraction of sp³-hybridized carbons (Fsp3) is 0.0400. The van der Waals surface area contributed by atoms with Crippen molar-refractivity contribution in [2.45, 2.75) is 5.92 Å². The molecule has 0 amide bonds. The van der Waals surface area contributed by atoms with Gasteiger partial charge in [-0.2, -0.15) is 5.26 Å². The second-order valence-electron chi connectivity index (χ2n) is 6.75. The van der Waals surface area contributed by atoms with Crippen LogP contribution in [0.1, 0.15) is 27.4 Å². The lowest BCUT2D eigenvalue weighted by atomic mass is 9.79. The molecule has 0 spiro atoms. The number of benzene rings is 3. The Labute approximate surface area is 179 Å². The van der Waals surface area contributed by atoms with Crippen molar-refractivity contribution in [1.82, 2.24) is 0 Å². The highest BCUT2D eigenvalue weighted by Crippen LogP contribution is 2.45. The van der Waals surface area contributed by atoms with E-state index in [4.69, 9.17) is 22.1 Å². The Hall–Kier alpha value is -3.81. The molecule has 0 unspecified atom stereocenters. The first kappa shape index (κ1) is 19.5. The van der Waals surface area contributed by atoms with Gasteiger partial charge in [0.2, 0.25) is 5.88 Å². The van der Waals surface area contributed by atoms with Crippen molar-refractivity contribution in [1.29, 1.82) is 5.26 Å². The third kappa shape index (κ3) is 3.47. The number of hydrogen-bond acceptors (Lipinski definition) is 4. The third-order valence-corrected chi connectivity index (χ3v) is 5.30. The minimum atomic E-state index is -0.750. The van der Waals surface area contributed by atoms with E-state index < -0.39 is 5.92 Å². The number of nitrogens with two attached hydrogens (primary N) is 1. The molecule has 1 atom stereocenters. The van der Waals surface area contributed by atoms with Crippen LogP contribution in [-0.4, -0.2) is 5.78 Å². The van der Waals surface area contributed by atoms with Crippen molar-refractivity contribution in [3.8, 4) is 6.07 Å². The van der Waals surface area contributed by atoms with Crippen molar-refractivity contribution in [3.05, 3.63) is 124 Å². The van der Waals surface area contributed by atoms with Gasteiger partial charge in [-0.05, 0) is 11.6 Å². The molecule has 3 aromatic carbocycles. The third-order valence-electron chi connectivity index (χ3n) is 4.95. The number of hydrogen-bond donors (Lipinski definition) is 1. The van der Waals surface area contributed by atoms with E-state index in [0.29, 0.717) is 33.0 Å². The Morgan fingerprint density at radius 2 is 1.53 bits per heavy atom. The van der Waals surface area contributed by atoms with Crippen LogP contribution in [0.15, 0.2) is 102 Å². The molecule has 4 nitrogen and oxygen atoms in total. The zero-order valence-corrected chi connectivity index (χ0v) is 16.6. The number of Topliss-reactive ketones (excluding diaryl/α,β-unsaturated/α-hetero) is 1. The molecule has 0 fully saturated rings. The SMILES string of the molecule is N#CC1=C(N)OC(c2ccccc2)=C(C(=O)c2ccccc2)[C@@H]1c1ccccc1Cl. The van der Waals surface area contributed by atoms with E-state index in [0.717, 1.165) is 0 Å². The zero-order valence-electron chi connectivity index (χ0n) is 15.9. The smallest absolute Gasteiger partial charge is 0.205 e. The molecule has 30 heavy (non-hydrogen) atoms. The molecule has 4 rings (SSSR count). The fourth-order valence-electron chi connectivity index (χ4n) is 3.56. The molecule has 1 aliphatic heterocycles. The van der Waals surface area contributed by atoms with Crippen LogP contribution in [0, 0.1) is 11.3 Å². The lowest BCUT2D eigenvalue weighted by Crippen LogP contribution is -2.25. The van der Waals surface area contributed by atoms with E-state index in [1.54, 1.807) is 42.5 Å². The van der Waals surface area contributed by atoms with Gasteiger partial charge in [0, 0.05) is 16.1 Å². The molecule has 0 aliphatic carbocycles. The molecular formula is C25H17ClN2O2. The highest BCUT2D eigenvalue weighted by atomic mass is 35.5. The fourth-order valence-corrected chi connectivity index (χ4v) is 3.81. The van der Waals surface area contributed by atoms with Gasteiger partial charge in [-0.15, -0.1) is 0 Å². The molecule has 3 aromatic rings. The monoisotopic (exact) mass is 412 g/mol. The molecule has 2 N–H and O–H groups in total. The number of carbonyl (C=O) groups excluding carboxylic acids is 1. The normalized spacial score (nSPS) is 16.1. The molecule has 5 heteroatoms. The van der Waals surface area contributed by atoms with Crippen molar-refractivity contribution in [3.63, 3.8) is 0 Å². The van der Waals surface area contributed by atoms with Gasteiger partial charge in [0.05, 0.1) is 11.5 Å². The van der Waals surface area contributed by atoms with E-state index in [1.165, 1.54) is 0 Å². The Bertz CT molecular complexity index is 1210. The largest absolute Gasteiger partial charge is 0.439 e. The van der Waals surface area contributed by atoms with Crippen LogP contribution in [0.5, 0.6) is 0 Å². The summed E-state index contributed by atoms with van der Waals surface area (Å²) in [6.07, 6.45) is 0. The van der Waals surface area contributed by atoms with Crippen LogP contribution in [0.25, 0.3) is 5.76 Å². The van der Waals surface area contributed by atoms with Gasteiger partial charge >= 0.3 is 0 Å². The number of ether oxygens (including phenoxy) is 1. The minimum absolute atomic E-state index is 0.0362. The van der Waals surface area contributed by atoms with Gasteiger partial charge in [0.15, 0.2) is 5.78 Å².